The highest BCUT2D eigenvalue weighted by Gasteiger charge is 2.41. The molecule has 0 aliphatic carbocycles. The third-order valence-corrected chi connectivity index (χ3v) is 4.82. The monoisotopic (exact) mass is 249 g/mol. The quantitative estimate of drug-likeness (QED) is 0.818. The van der Waals surface area contributed by atoms with Crippen LogP contribution in [0.4, 0.5) is 0 Å². The van der Waals surface area contributed by atoms with Crippen molar-refractivity contribution in [3.8, 4) is 6.07 Å². The third kappa shape index (κ3) is 2.40. The Morgan fingerprint density at radius 2 is 2.28 bits per heavy atom. The predicted molar refractivity (Wildman–Crippen MR) is 69.1 cm³/mol. The standard InChI is InChI=1S/C14H23N3O/c15-11-14(16-10-13-4-2-8-18-13)5-7-17-6-1-3-12(17)9-14/h12-13,16H,1-10H2. The molecule has 3 heterocycles. The molecule has 3 saturated heterocycles. The second-order valence-electron chi connectivity index (χ2n) is 6.00. The molecule has 0 aromatic carbocycles. The van der Waals surface area contributed by atoms with Gasteiger partial charge in [-0.05, 0) is 45.1 Å². The number of hydrogen-bond donors (Lipinski definition) is 1. The number of rotatable bonds is 3. The number of fused-ring (bicyclic) bond motifs is 1. The van der Waals surface area contributed by atoms with Gasteiger partial charge in [0.15, 0.2) is 0 Å². The maximum Gasteiger partial charge on any atom is 0.109 e. The molecular weight excluding hydrogens is 226 g/mol. The van der Waals surface area contributed by atoms with Crippen molar-refractivity contribution in [1.82, 2.24) is 10.2 Å². The molecule has 1 N–H and O–H groups in total. The minimum Gasteiger partial charge on any atom is -0.377 e. The van der Waals surface area contributed by atoms with E-state index in [0.29, 0.717) is 12.1 Å². The zero-order valence-electron chi connectivity index (χ0n) is 11.0. The Morgan fingerprint density at radius 3 is 3.06 bits per heavy atom. The average Bonchev–Trinajstić information content (AvgIpc) is 3.07. The van der Waals surface area contributed by atoms with E-state index in [4.69, 9.17) is 4.74 Å². The van der Waals surface area contributed by atoms with Crippen LogP contribution in [0.5, 0.6) is 0 Å². The van der Waals surface area contributed by atoms with E-state index >= 15 is 0 Å². The predicted octanol–water partition coefficient (Wildman–Crippen LogP) is 1.28. The van der Waals surface area contributed by atoms with Crippen molar-refractivity contribution in [1.29, 1.82) is 5.26 Å². The SMILES string of the molecule is N#CC1(NCC2CCCO2)CCN2CCCC2C1. The molecule has 3 unspecified atom stereocenters. The van der Waals surface area contributed by atoms with E-state index in [-0.39, 0.29) is 5.54 Å². The van der Waals surface area contributed by atoms with Crippen LogP contribution in [0.2, 0.25) is 0 Å². The van der Waals surface area contributed by atoms with E-state index in [9.17, 15) is 5.26 Å². The minimum atomic E-state index is -0.294. The number of ether oxygens (including phenoxy) is 1. The van der Waals surface area contributed by atoms with Crippen molar-refractivity contribution in [2.75, 3.05) is 26.2 Å². The Labute approximate surface area is 109 Å². The fourth-order valence-corrected chi connectivity index (χ4v) is 3.68. The van der Waals surface area contributed by atoms with Gasteiger partial charge in [0.25, 0.3) is 0 Å². The summed E-state index contributed by atoms with van der Waals surface area (Å²) in [6.07, 6.45) is 7.18. The zero-order valence-corrected chi connectivity index (χ0v) is 11.0. The Hall–Kier alpha value is -0.630. The topological polar surface area (TPSA) is 48.3 Å². The van der Waals surface area contributed by atoms with Crippen molar-refractivity contribution in [3.63, 3.8) is 0 Å². The molecule has 0 aromatic heterocycles. The largest absolute Gasteiger partial charge is 0.377 e. The fourth-order valence-electron chi connectivity index (χ4n) is 3.68. The lowest BCUT2D eigenvalue weighted by atomic mass is 9.84. The molecule has 3 rings (SSSR count). The van der Waals surface area contributed by atoms with Crippen molar-refractivity contribution < 1.29 is 4.74 Å². The first-order valence-corrected chi connectivity index (χ1v) is 7.33. The van der Waals surface area contributed by atoms with Crippen molar-refractivity contribution >= 4 is 0 Å². The second-order valence-corrected chi connectivity index (χ2v) is 6.00. The first-order chi connectivity index (χ1) is 8.81. The van der Waals surface area contributed by atoms with Gasteiger partial charge in [0.2, 0.25) is 0 Å². The molecule has 4 heteroatoms. The van der Waals surface area contributed by atoms with E-state index in [1.807, 2.05) is 0 Å². The Kier molecular flexibility index (Phi) is 3.56. The number of hydrogen-bond acceptors (Lipinski definition) is 4. The van der Waals surface area contributed by atoms with Crippen molar-refractivity contribution in [2.24, 2.45) is 0 Å². The Morgan fingerprint density at radius 1 is 1.33 bits per heavy atom. The summed E-state index contributed by atoms with van der Waals surface area (Å²) in [6.45, 7) is 4.05. The highest BCUT2D eigenvalue weighted by Crippen LogP contribution is 2.32. The smallest absolute Gasteiger partial charge is 0.109 e. The first kappa shape index (κ1) is 12.4. The fraction of sp³-hybridized carbons (Fsp3) is 0.929. The van der Waals surface area contributed by atoms with Gasteiger partial charge in [-0.2, -0.15) is 5.26 Å². The number of piperidine rings is 1. The van der Waals surface area contributed by atoms with Gasteiger partial charge >= 0.3 is 0 Å². The minimum absolute atomic E-state index is 0.294. The number of nitrogens with zero attached hydrogens (tertiary/aromatic N) is 2. The van der Waals surface area contributed by atoms with Crippen LogP contribution in [-0.4, -0.2) is 48.8 Å². The highest BCUT2D eigenvalue weighted by atomic mass is 16.5. The number of nitriles is 1. The summed E-state index contributed by atoms with van der Waals surface area (Å²) in [4.78, 5) is 2.56. The van der Waals surface area contributed by atoms with E-state index in [2.05, 4.69) is 16.3 Å². The van der Waals surface area contributed by atoms with Crippen LogP contribution < -0.4 is 5.32 Å². The summed E-state index contributed by atoms with van der Waals surface area (Å²) >= 11 is 0. The van der Waals surface area contributed by atoms with Crippen LogP contribution in [0.1, 0.15) is 38.5 Å². The summed E-state index contributed by atoms with van der Waals surface area (Å²) in [5.41, 5.74) is -0.294. The molecule has 0 saturated carbocycles. The van der Waals surface area contributed by atoms with Gasteiger partial charge < -0.3 is 9.64 Å². The third-order valence-electron chi connectivity index (χ3n) is 4.82. The van der Waals surface area contributed by atoms with Crippen LogP contribution in [-0.2, 0) is 4.74 Å². The molecular formula is C14H23N3O. The van der Waals surface area contributed by atoms with Crippen molar-refractivity contribution in [3.05, 3.63) is 0 Å². The van der Waals surface area contributed by atoms with Gasteiger partial charge in [0, 0.05) is 25.7 Å². The Balaban J connectivity index is 1.58. The van der Waals surface area contributed by atoms with E-state index in [1.54, 1.807) is 0 Å². The van der Waals surface area contributed by atoms with Gasteiger partial charge in [0.1, 0.15) is 5.54 Å². The molecule has 3 fully saturated rings. The van der Waals surface area contributed by atoms with Gasteiger partial charge in [-0.25, -0.2) is 0 Å². The lowest BCUT2D eigenvalue weighted by Crippen LogP contribution is -2.56. The van der Waals surface area contributed by atoms with Crippen LogP contribution in [0.3, 0.4) is 0 Å². The second kappa shape index (κ2) is 5.16. The molecule has 18 heavy (non-hydrogen) atoms. The lowest BCUT2D eigenvalue weighted by Gasteiger charge is -2.40. The molecule has 100 valence electrons. The van der Waals surface area contributed by atoms with Crippen LogP contribution in [0, 0.1) is 11.3 Å². The first-order valence-electron chi connectivity index (χ1n) is 7.33. The van der Waals surface area contributed by atoms with Crippen LogP contribution in [0.15, 0.2) is 0 Å². The highest BCUT2D eigenvalue weighted by molar-refractivity contribution is 5.12. The summed E-state index contributed by atoms with van der Waals surface area (Å²) in [5, 5.41) is 13.1. The Bertz CT molecular complexity index is 334. The van der Waals surface area contributed by atoms with Crippen molar-refractivity contribution in [2.45, 2.75) is 56.2 Å². The van der Waals surface area contributed by atoms with Crippen LogP contribution >= 0.6 is 0 Å². The molecule has 0 bridgehead atoms. The maximum absolute atomic E-state index is 9.56. The summed E-state index contributed by atoms with van der Waals surface area (Å²) in [5.74, 6) is 0. The average molecular weight is 249 g/mol. The van der Waals surface area contributed by atoms with E-state index in [1.165, 1.54) is 25.8 Å². The number of nitrogens with one attached hydrogen (secondary N) is 1. The molecule has 3 aliphatic rings. The van der Waals surface area contributed by atoms with E-state index < -0.39 is 0 Å². The molecule has 4 nitrogen and oxygen atoms in total. The normalized spacial score (nSPS) is 40.6. The van der Waals surface area contributed by atoms with E-state index in [0.717, 1.165) is 39.0 Å². The molecule has 0 radical (unpaired) electrons. The zero-order chi connectivity index (χ0) is 12.4. The summed E-state index contributed by atoms with van der Waals surface area (Å²) in [7, 11) is 0. The summed E-state index contributed by atoms with van der Waals surface area (Å²) in [6, 6.07) is 3.20. The summed E-state index contributed by atoms with van der Waals surface area (Å²) < 4.78 is 5.64. The lowest BCUT2D eigenvalue weighted by molar-refractivity contribution is 0.0878. The molecule has 0 aromatic rings. The maximum atomic E-state index is 9.56. The molecule has 0 amide bonds. The molecule has 3 aliphatic heterocycles. The van der Waals surface area contributed by atoms with Gasteiger partial charge in [-0.1, -0.05) is 0 Å². The molecule has 3 atom stereocenters. The van der Waals surface area contributed by atoms with Gasteiger partial charge in [-0.3, -0.25) is 5.32 Å². The van der Waals surface area contributed by atoms with Gasteiger partial charge in [0.05, 0.1) is 12.2 Å². The van der Waals surface area contributed by atoms with Gasteiger partial charge in [-0.15, -0.1) is 0 Å². The van der Waals surface area contributed by atoms with Crippen LogP contribution in [0.25, 0.3) is 0 Å². The molecule has 0 spiro atoms.